The molecule has 0 N–H and O–H groups in total. The van der Waals surface area contributed by atoms with E-state index in [1.54, 1.807) is 14.0 Å². The molecular formula is C15H22O3. The van der Waals surface area contributed by atoms with Gasteiger partial charge in [-0.2, -0.15) is 0 Å². The summed E-state index contributed by atoms with van der Waals surface area (Å²) in [5.41, 5.74) is 1.18. The maximum absolute atomic E-state index is 10.9. The van der Waals surface area contributed by atoms with Crippen molar-refractivity contribution >= 4 is 5.78 Å². The van der Waals surface area contributed by atoms with E-state index in [9.17, 15) is 4.79 Å². The molecule has 0 fully saturated rings. The first kappa shape index (κ1) is 14.7. The third-order valence-electron chi connectivity index (χ3n) is 2.70. The maximum Gasteiger partial charge on any atom is 0.130 e. The molecule has 0 saturated carbocycles. The number of hydrogen-bond acceptors (Lipinski definition) is 3. The van der Waals surface area contributed by atoms with Gasteiger partial charge in [-0.3, -0.25) is 0 Å². The lowest BCUT2D eigenvalue weighted by Gasteiger charge is -2.07. The van der Waals surface area contributed by atoms with Crippen LogP contribution in [0, 0.1) is 0 Å². The highest BCUT2D eigenvalue weighted by Crippen LogP contribution is 2.14. The van der Waals surface area contributed by atoms with Gasteiger partial charge in [0.15, 0.2) is 0 Å². The zero-order chi connectivity index (χ0) is 13.2. The summed E-state index contributed by atoms with van der Waals surface area (Å²) in [6.07, 6.45) is 3.44. The van der Waals surface area contributed by atoms with E-state index in [-0.39, 0.29) is 5.78 Å². The number of carbonyl (C=O) groups excluding carboxylic acids is 1. The van der Waals surface area contributed by atoms with Crippen molar-refractivity contribution in [1.29, 1.82) is 0 Å². The third kappa shape index (κ3) is 6.40. The molecular weight excluding hydrogens is 228 g/mol. The van der Waals surface area contributed by atoms with Gasteiger partial charge in [0.2, 0.25) is 0 Å². The zero-order valence-corrected chi connectivity index (χ0v) is 11.3. The van der Waals surface area contributed by atoms with Gasteiger partial charge in [0, 0.05) is 20.1 Å². The van der Waals surface area contributed by atoms with Crippen LogP contribution in [0.5, 0.6) is 5.75 Å². The first-order valence-electron chi connectivity index (χ1n) is 6.42. The summed E-state index contributed by atoms with van der Waals surface area (Å²) in [6, 6.07) is 7.97. The minimum atomic E-state index is 0.230. The van der Waals surface area contributed by atoms with E-state index in [1.165, 1.54) is 5.56 Å². The molecule has 0 aliphatic carbocycles. The predicted octanol–water partition coefficient (Wildman–Crippen LogP) is 3.01. The number of aryl methyl sites for hydroxylation is 1. The Kier molecular flexibility index (Phi) is 7.11. The number of benzene rings is 1. The number of hydrogen-bond donors (Lipinski definition) is 0. The smallest absolute Gasteiger partial charge is 0.130 e. The summed E-state index contributed by atoms with van der Waals surface area (Å²) in [5, 5.41) is 0. The van der Waals surface area contributed by atoms with E-state index >= 15 is 0 Å². The quantitative estimate of drug-likeness (QED) is 0.632. The van der Waals surface area contributed by atoms with E-state index in [0.717, 1.165) is 38.2 Å². The predicted molar refractivity (Wildman–Crippen MR) is 72.0 cm³/mol. The van der Waals surface area contributed by atoms with Gasteiger partial charge >= 0.3 is 0 Å². The number of ether oxygens (including phenoxy) is 2. The van der Waals surface area contributed by atoms with Gasteiger partial charge in [-0.05, 0) is 43.9 Å². The molecule has 0 unspecified atom stereocenters. The maximum atomic E-state index is 10.9. The topological polar surface area (TPSA) is 35.5 Å². The van der Waals surface area contributed by atoms with Crippen molar-refractivity contribution < 1.29 is 14.3 Å². The van der Waals surface area contributed by atoms with E-state index in [2.05, 4.69) is 0 Å². The second-order valence-electron chi connectivity index (χ2n) is 4.39. The summed E-state index contributed by atoms with van der Waals surface area (Å²) >= 11 is 0. The summed E-state index contributed by atoms with van der Waals surface area (Å²) in [5.74, 6) is 1.12. The van der Waals surface area contributed by atoms with E-state index in [0.29, 0.717) is 6.42 Å². The molecule has 0 aromatic heterocycles. The average Bonchev–Trinajstić information content (AvgIpc) is 2.37. The molecule has 0 spiro atoms. The Balaban J connectivity index is 2.25. The molecule has 0 heterocycles. The SMILES string of the molecule is COCCCCOc1ccc(CCC(C)=O)cc1. The standard InChI is InChI=1S/C15H22O3/c1-13(16)5-6-14-7-9-15(10-8-14)18-12-4-3-11-17-2/h7-10H,3-6,11-12H2,1-2H3. The Bertz CT molecular complexity index is 343. The molecule has 1 aromatic carbocycles. The minimum absolute atomic E-state index is 0.230. The molecule has 0 atom stereocenters. The van der Waals surface area contributed by atoms with Gasteiger partial charge in [0.05, 0.1) is 6.61 Å². The summed E-state index contributed by atoms with van der Waals surface area (Å²) in [7, 11) is 1.71. The van der Waals surface area contributed by atoms with Crippen molar-refractivity contribution in [3.63, 3.8) is 0 Å². The molecule has 3 nitrogen and oxygen atoms in total. The average molecular weight is 250 g/mol. The molecule has 0 aliphatic rings. The van der Waals surface area contributed by atoms with Gasteiger partial charge in [0.1, 0.15) is 11.5 Å². The molecule has 0 radical (unpaired) electrons. The second kappa shape index (κ2) is 8.70. The van der Waals surface area contributed by atoms with Crippen LogP contribution in [-0.4, -0.2) is 26.1 Å². The highest BCUT2D eigenvalue weighted by Gasteiger charge is 1.98. The minimum Gasteiger partial charge on any atom is -0.494 e. The molecule has 100 valence electrons. The Morgan fingerprint density at radius 2 is 1.78 bits per heavy atom. The lowest BCUT2D eigenvalue weighted by Crippen LogP contribution is -2.00. The third-order valence-corrected chi connectivity index (χ3v) is 2.70. The second-order valence-corrected chi connectivity index (χ2v) is 4.39. The lowest BCUT2D eigenvalue weighted by atomic mass is 10.1. The van der Waals surface area contributed by atoms with Crippen molar-refractivity contribution in [1.82, 2.24) is 0 Å². The van der Waals surface area contributed by atoms with Gasteiger partial charge in [0.25, 0.3) is 0 Å². The fraction of sp³-hybridized carbons (Fsp3) is 0.533. The molecule has 18 heavy (non-hydrogen) atoms. The van der Waals surface area contributed by atoms with E-state index in [1.807, 2.05) is 24.3 Å². The monoisotopic (exact) mass is 250 g/mol. The van der Waals surface area contributed by atoms with E-state index < -0.39 is 0 Å². The Morgan fingerprint density at radius 3 is 2.39 bits per heavy atom. The van der Waals surface area contributed by atoms with Crippen LogP contribution in [-0.2, 0) is 16.0 Å². The summed E-state index contributed by atoms with van der Waals surface area (Å²) in [6.45, 7) is 3.13. The molecule has 0 aliphatic heterocycles. The van der Waals surface area contributed by atoms with Gasteiger partial charge in [-0.15, -0.1) is 0 Å². The van der Waals surface area contributed by atoms with Crippen LogP contribution in [0.4, 0.5) is 0 Å². The largest absolute Gasteiger partial charge is 0.494 e. The van der Waals surface area contributed by atoms with Crippen molar-refractivity contribution in [2.24, 2.45) is 0 Å². The van der Waals surface area contributed by atoms with Crippen LogP contribution in [0.3, 0.4) is 0 Å². The molecule has 0 saturated heterocycles. The normalized spacial score (nSPS) is 10.3. The van der Waals surface area contributed by atoms with Crippen LogP contribution >= 0.6 is 0 Å². The number of unbranched alkanes of at least 4 members (excludes halogenated alkanes) is 1. The number of methoxy groups -OCH3 is 1. The van der Waals surface area contributed by atoms with Gasteiger partial charge < -0.3 is 14.3 Å². The van der Waals surface area contributed by atoms with E-state index in [4.69, 9.17) is 9.47 Å². The van der Waals surface area contributed by atoms with Crippen molar-refractivity contribution in [2.75, 3.05) is 20.3 Å². The molecule has 0 amide bonds. The molecule has 1 aromatic rings. The fourth-order valence-corrected chi connectivity index (χ4v) is 1.61. The highest BCUT2D eigenvalue weighted by molar-refractivity contribution is 5.75. The summed E-state index contributed by atoms with van der Waals surface area (Å²) in [4.78, 5) is 10.9. The summed E-state index contributed by atoms with van der Waals surface area (Å²) < 4.78 is 10.6. The Hall–Kier alpha value is -1.35. The van der Waals surface area contributed by atoms with Crippen LogP contribution in [0.15, 0.2) is 24.3 Å². The lowest BCUT2D eigenvalue weighted by molar-refractivity contribution is -0.116. The van der Waals surface area contributed by atoms with Crippen LogP contribution in [0.2, 0.25) is 0 Å². The number of Topliss-reactive ketones (excluding diaryl/α,β-unsaturated/α-hetero) is 1. The zero-order valence-electron chi connectivity index (χ0n) is 11.3. The van der Waals surface area contributed by atoms with Crippen LogP contribution in [0.25, 0.3) is 0 Å². The molecule has 0 bridgehead atoms. The highest BCUT2D eigenvalue weighted by atomic mass is 16.5. The van der Waals surface area contributed by atoms with Gasteiger partial charge in [-0.25, -0.2) is 0 Å². The van der Waals surface area contributed by atoms with Crippen LogP contribution in [0.1, 0.15) is 31.7 Å². The number of carbonyl (C=O) groups is 1. The number of ketones is 1. The van der Waals surface area contributed by atoms with Crippen molar-refractivity contribution in [3.8, 4) is 5.75 Å². The Labute approximate surface area is 109 Å². The first-order chi connectivity index (χ1) is 8.72. The van der Waals surface area contributed by atoms with Crippen molar-refractivity contribution in [2.45, 2.75) is 32.6 Å². The van der Waals surface area contributed by atoms with Crippen LogP contribution < -0.4 is 4.74 Å². The fourth-order valence-electron chi connectivity index (χ4n) is 1.61. The molecule has 3 heteroatoms. The Morgan fingerprint density at radius 1 is 1.11 bits per heavy atom. The number of rotatable bonds is 9. The van der Waals surface area contributed by atoms with Gasteiger partial charge in [-0.1, -0.05) is 12.1 Å². The van der Waals surface area contributed by atoms with Crippen molar-refractivity contribution in [3.05, 3.63) is 29.8 Å². The molecule has 1 rings (SSSR count). The first-order valence-corrected chi connectivity index (χ1v) is 6.42.